The van der Waals surface area contributed by atoms with Crippen LogP contribution in [0.5, 0.6) is 0 Å². The lowest BCUT2D eigenvalue weighted by atomic mass is 9.94. The number of aliphatic hydroxyl groups is 1. The Kier molecular flexibility index (Phi) is 4.88. The second-order valence-electron chi connectivity index (χ2n) is 5.09. The number of hydrogen-bond donors (Lipinski definition) is 3. The van der Waals surface area contributed by atoms with Crippen molar-refractivity contribution in [1.29, 1.82) is 0 Å². The summed E-state index contributed by atoms with van der Waals surface area (Å²) in [6, 6.07) is 3.19. The van der Waals surface area contributed by atoms with Crippen LogP contribution in [0.4, 0.5) is 0 Å². The Morgan fingerprint density at radius 1 is 1.33 bits per heavy atom. The molecule has 21 heavy (non-hydrogen) atoms. The summed E-state index contributed by atoms with van der Waals surface area (Å²) in [7, 11) is -3.84. The maximum absolute atomic E-state index is 12.3. The van der Waals surface area contributed by atoms with Crippen LogP contribution in [0, 0.1) is 0 Å². The van der Waals surface area contributed by atoms with Crippen molar-refractivity contribution in [2.24, 2.45) is 0 Å². The average Bonchev–Trinajstić information content (AvgIpc) is 2.38. The summed E-state index contributed by atoms with van der Waals surface area (Å²) in [6.07, 6.45) is 1.91. The number of rotatable bonds is 4. The Labute approximate surface area is 127 Å². The molecule has 0 radical (unpaired) electrons. The molecule has 1 aromatic rings. The summed E-state index contributed by atoms with van der Waals surface area (Å²) in [4.78, 5) is 10.9. The van der Waals surface area contributed by atoms with E-state index in [1.165, 1.54) is 12.1 Å². The van der Waals surface area contributed by atoms with E-state index in [4.69, 9.17) is 16.7 Å². The number of sulfonamides is 1. The highest BCUT2D eigenvalue weighted by molar-refractivity contribution is 7.89. The zero-order valence-electron chi connectivity index (χ0n) is 11.1. The van der Waals surface area contributed by atoms with Crippen molar-refractivity contribution >= 4 is 27.6 Å². The summed E-state index contributed by atoms with van der Waals surface area (Å²) in [5.74, 6) is -1.29. The topological polar surface area (TPSA) is 104 Å². The molecule has 3 N–H and O–H groups in total. The van der Waals surface area contributed by atoms with Crippen LogP contribution >= 0.6 is 11.6 Å². The van der Waals surface area contributed by atoms with Crippen LogP contribution in [0.1, 0.15) is 36.0 Å². The Bertz CT molecular complexity index is 646. The highest BCUT2D eigenvalue weighted by atomic mass is 35.5. The molecule has 0 amide bonds. The molecule has 1 fully saturated rings. The van der Waals surface area contributed by atoms with Gasteiger partial charge in [0.15, 0.2) is 0 Å². The Hall–Kier alpha value is -1.15. The van der Waals surface area contributed by atoms with Gasteiger partial charge in [-0.15, -0.1) is 0 Å². The minimum atomic E-state index is -3.84. The number of benzene rings is 1. The second-order valence-corrected chi connectivity index (χ2v) is 7.21. The molecule has 116 valence electrons. The van der Waals surface area contributed by atoms with Gasteiger partial charge in [0.2, 0.25) is 10.0 Å². The predicted octanol–water partition coefficient (Wildman–Crippen LogP) is 1.62. The number of carboxylic acids is 1. The number of carboxylic acid groups (broad SMARTS) is 1. The fourth-order valence-electron chi connectivity index (χ4n) is 2.39. The van der Waals surface area contributed by atoms with E-state index in [2.05, 4.69) is 4.72 Å². The Morgan fingerprint density at radius 3 is 2.67 bits per heavy atom. The molecule has 1 aliphatic carbocycles. The normalized spacial score (nSPS) is 23.0. The van der Waals surface area contributed by atoms with Crippen molar-refractivity contribution in [2.45, 2.75) is 42.7 Å². The molecular weight excluding hydrogens is 318 g/mol. The van der Waals surface area contributed by atoms with Gasteiger partial charge in [0.1, 0.15) is 0 Å². The van der Waals surface area contributed by atoms with Gasteiger partial charge < -0.3 is 10.2 Å². The molecule has 1 aliphatic rings. The van der Waals surface area contributed by atoms with Crippen molar-refractivity contribution in [2.75, 3.05) is 0 Å². The van der Waals surface area contributed by atoms with Gasteiger partial charge in [-0.3, -0.25) is 0 Å². The summed E-state index contributed by atoms with van der Waals surface area (Å²) < 4.78 is 27.0. The van der Waals surface area contributed by atoms with Gasteiger partial charge in [0.25, 0.3) is 0 Å². The molecule has 0 saturated heterocycles. The van der Waals surface area contributed by atoms with Gasteiger partial charge in [-0.1, -0.05) is 11.6 Å². The third kappa shape index (κ3) is 3.94. The standard InChI is InChI=1S/C13H16ClNO5S/c14-12-5-4-10(7-11(12)13(17)18)21(19,20)15-8-2-1-3-9(16)6-8/h4-5,7-9,15-16H,1-3,6H2,(H,17,18). The molecule has 2 atom stereocenters. The first kappa shape index (κ1) is 16.2. The highest BCUT2D eigenvalue weighted by Gasteiger charge is 2.26. The first-order valence-corrected chi connectivity index (χ1v) is 8.39. The van der Waals surface area contributed by atoms with Gasteiger partial charge in [0, 0.05) is 6.04 Å². The maximum atomic E-state index is 12.3. The van der Waals surface area contributed by atoms with Gasteiger partial charge in [-0.05, 0) is 43.9 Å². The molecule has 0 bridgehead atoms. The zero-order valence-corrected chi connectivity index (χ0v) is 12.7. The minimum absolute atomic E-state index is 0.0189. The first-order valence-electron chi connectivity index (χ1n) is 6.53. The van der Waals surface area contributed by atoms with E-state index in [0.717, 1.165) is 12.5 Å². The van der Waals surface area contributed by atoms with E-state index in [-0.39, 0.29) is 21.5 Å². The van der Waals surface area contributed by atoms with Crippen LogP contribution in [-0.4, -0.2) is 36.7 Å². The van der Waals surface area contributed by atoms with Crippen molar-refractivity contribution in [1.82, 2.24) is 4.72 Å². The van der Waals surface area contributed by atoms with E-state index in [0.29, 0.717) is 19.3 Å². The zero-order chi connectivity index (χ0) is 15.6. The van der Waals surface area contributed by atoms with E-state index in [9.17, 15) is 18.3 Å². The van der Waals surface area contributed by atoms with Crippen LogP contribution < -0.4 is 4.72 Å². The molecule has 1 aromatic carbocycles. The fourth-order valence-corrected chi connectivity index (χ4v) is 3.90. The lowest BCUT2D eigenvalue weighted by Crippen LogP contribution is -2.39. The summed E-state index contributed by atoms with van der Waals surface area (Å²) in [5.41, 5.74) is -0.261. The van der Waals surface area contributed by atoms with Crippen LogP contribution in [-0.2, 0) is 10.0 Å². The third-order valence-corrected chi connectivity index (χ3v) is 5.29. The van der Waals surface area contributed by atoms with E-state index < -0.39 is 22.1 Å². The number of carbonyl (C=O) groups is 1. The summed E-state index contributed by atoms with van der Waals surface area (Å²) in [6.45, 7) is 0. The predicted molar refractivity (Wildman–Crippen MR) is 77.0 cm³/mol. The molecule has 0 aliphatic heterocycles. The molecule has 0 spiro atoms. The lowest BCUT2D eigenvalue weighted by Gasteiger charge is -2.26. The van der Waals surface area contributed by atoms with Crippen molar-refractivity contribution in [3.05, 3.63) is 28.8 Å². The Balaban J connectivity index is 2.23. The Morgan fingerprint density at radius 2 is 2.05 bits per heavy atom. The third-order valence-electron chi connectivity index (χ3n) is 3.45. The van der Waals surface area contributed by atoms with Crippen LogP contribution in [0.15, 0.2) is 23.1 Å². The van der Waals surface area contributed by atoms with Gasteiger partial charge in [-0.25, -0.2) is 17.9 Å². The second kappa shape index (κ2) is 6.31. The van der Waals surface area contributed by atoms with Crippen molar-refractivity contribution in [3.8, 4) is 0 Å². The van der Waals surface area contributed by atoms with E-state index >= 15 is 0 Å². The van der Waals surface area contributed by atoms with Gasteiger partial charge >= 0.3 is 5.97 Å². The molecule has 0 heterocycles. The van der Waals surface area contributed by atoms with Crippen LogP contribution in [0.25, 0.3) is 0 Å². The smallest absolute Gasteiger partial charge is 0.337 e. The number of hydrogen-bond acceptors (Lipinski definition) is 4. The average molecular weight is 334 g/mol. The maximum Gasteiger partial charge on any atom is 0.337 e. The minimum Gasteiger partial charge on any atom is -0.478 e. The van der Waals surface area contributed by atoms with Crippen LogP contribution in [0.3, 0.4) is 0 Å². The molecule has 0 aromatic heterocycles. The van der Waals surface area contributed by atoms with Crippen LogP contribution in [0.2, 0.25) is 5.02 Å². The molecule has 2 rings (SSSR count). The summed E-state index contributed by atoms with van der Waals surface area (Å²) in [5, 5.41) is 18.5. The molecule has 1 saturated carbocycles. The number of halogens is 1. The number of aliphatic hydroxyl groups excluding tert-OH is 1. The summed E-state index contributed by atoms with van der Waals surface area (Å²) >= 11 is 5.72. The number of aromatic carboxylic acids is 1. The van der Waals surface area contributed by atoms with Gasteiger partial charge in [-0.2, -0.15) is 0 Å². The first-order chi connectivity index (χ1) is 9.79. The molecule has 6 nitrogen and oxygen atoms in total. The van der Waals surface area contributed by atoms with E-state index in [1.807, 2.05) is 0 Å². The number of nitrogens with one attached hydrogen (secondary N) is 1. The largest absolute Gasteiger partial charge is 0.478 e. The quantitative estimate of drug-likeness (QED) is 0.776. The van der Waals surface area contributed by atoms with Gasteiger partial charge in [0.05, 0.1) is 21.6 Å². The van der Waals surface area contributed by atoms with Crippen molar-refractivity contribution in [3.63, 3.8) is 0 Å². The molecule has 2 unspecified atom stereocenters. The molecule has 8 heteroatoms. The molecular formula is C13H16ClNO5S. The fraction of sp³-hybridized carbons (Fsp3) is 0.462. The van der Waals surface area contributed by atoms with E-state index in [1.54, 1.807) is 0 Å². The monoisotopic (exact) mass is 333 g/mol. The highest BCUT2D eigenvalue weighted by Crippen LogP contribution is 2.23. The van der Waals surface area contributed by atoms with Crippen molar-refractivity contribution < 1.29 is 23.4 Å². The SMILES string of the molecule is O=C(O)c1cc(S(=O)(=O)NC2CCCC(O)C2)ccc1Cl. The lowest BCUT2D eigenvalue weighted by molar-refractivity contribution is 0.0696.